The van der Waals surface area contributed by atoms with Crippen molar-refractivity contribution in [2.45, 2.75) is 13.0 Å². The monoisotopic (exact) mass is 380 g/mol. The molecule has 1 amide bonds. The highest BCUT2D eigenvalue weighted by molar-refractivity contribution is 5.92. The minimum atomic E-state index is -0.599. The predicted octanol–water partition coefficient (Wildman–Crippen LogP) is 5.04. The Labute approximate surface area is 161 Å². The maximum atomic E-state index is 13.6. The van der Waals surface area contributed by atoms with E-state index in [1.54, 1.807) is 30.5 Å². The van der Waals surface area contributed by atoms with Gasteiger partial charge in [-0.1, -0.05) is 18.2 Å². The van der Waals surface area contributed by atoms with Gasteiger partial charge in [0.15, 0.2) is 0 Å². The van der Waals surface area contributed by atoms with Gasteiger partial charge in [0.05, 0.1) is 6.04 Å². The number of halogens is 2. The first-order chi connectivity index (χ1) is 13.5. The van der Waals surface area contributed by atoms with Gasteiger partial charge in [0.1, 0.15) is 17.4 Å². The zero-order chi connectivity index (χ0) is 19.9. The molecule has 0 radical (unpaired) electrons. The lowest BCUT2D eigenvalue weighted by Crippen LogP contribution is -2.24. The number of rotatable bonds is 6. The third-order valence-electron chi connectivity index (χ3n) is 3.95. The molecule has 3 aromatic rings. The summed E-state index contributed by atoms with van der Waals surface area (Å²) < 4.78 is 32.5. The van der Waals surface area contributed by atoms with Crippen LogP contribution >= 0.6 is 0 Å². The average Bonchev–Trinajstić information content (AvgIpc) is 2.69. The number of ether oxygens (including phenoxy) is 1. The Hall–Kier alpha value is -3.54. The molecule has 2 aromatic carbocycles. The van der Waals surface area contributed by atoms with Gasteiger partial charge in [-0.2, -0.15) is 0 Å². The highest BCUT2D eigenvalue weighted by Gasteiger charge is 2.10. The maximum absolute atomic E-state index is 13.6. The molecule has 142 valence electrons. The number of nitrogens with one attached hydrogen (secondary N) is 1. The van der Waals surface area contributed by atoms with Gasteiger partial charge in [0, 0.05) is 23.9 Å². The van der Waals surface area contributed by atoms with Gasteiger partial charge in [-0.25, -0.2) is 13.8 Å². The van der Waals surface area contributed by atoms with Crippen molar-refractivity contribution in [3.63, 3.8) is 0 Å². The van der Waals surface area contributed by atoms with Crippen molar-refractivity contribution < 1.29 is 18.3 Å². The third kappa shape index (κ3) is 5.23. The fourth-order valence-electron chi connectivity index (χ4n) is 2.53. The van der Waals surface area contributed by atoms with Crippen molar-refractivity contribution >= 4 is 12.0 Å². The van der Waals surface area contributed by atoms with E-state index in [9.17, 15) is 13.6 Å². The lowest BCUT2D eigenvalue weighted by molar-refractivity contribution is -0.117. The maximum Gasteiger partial charge on any atom is 0.244 e. The first-order valence-electron chi connectivity index (χ1n) is 8.64. The number of hydrogen-bond acceptors (Lipinski definition) is 3. The quantitative estimate of drug-likeness (QED) is 0.610. The van der Waals surface area contributed by atoms with E-state index >= 15 is 0 Å². The normalized spacial score (nSPS) is 12.0. The van der Waals surface area contributed by atoms with Gasteiger partial charge in [-0.15, -0.1) is 0 Å². The Bertz CT molecular complexity index is 991. The number of nitrogens with zero attached hydrogens (tertiary/aromatic N) is 1. The molecule has 0 aliphatic rings. The zero-order valence-corrected chi connectivity index (χ0v) is 15.1. The number of carbonyl (C=O) groups is 1. The number of benzene rings is 2. The number of aromatic nitrogens is 1. The van der Waals surface area contributed by atoms with Crippen LogP contribution in [0.25, 0.3) is 6.08 Å². The van der Waals surface area contributed by atoms with E-state index in [1.165, 1.54) is 12.2 Å². The van der Waals surface area contributed by atoms with Crippen molar-refractivity contribution in [2.75, 3.05) is 0 Å². The largest absolute Gasteiger partial charge is 0.439 e. The molecule has 0 aliphatic carbocycles. The lowest BCUT2D eigenvalue weighted by atomic mass is 10.1. The van der Waals surface area contributed by atoms with E-state index in [4.69, 9.17) is 4.74 Å². The van der Waals surface area contributed by atoms with E-state index < -0.39 is 17.5 Å². The summed E-state index contributed by atoms with van der Waals surface area (Å²) in [6, 6.07) is 15.4. The first kappa shape index (κ1) is 19.2. The van der Waals surface area contributed by atoms with Gasteiger partial charge < -0.3 is 10.1 Å². The highest BCUT2D eigenvalue weighted by atomic mass is 19.1. The second kappa shape index (κ2) is 8.90. The van der Waals surface area contributed by atoms with Crippen molar-refractivity contribution in [1.29, 1.82) is 0 Å². The molecule has 1 aromatic heterocycles. The van der Waals surface area contributed by atoms with Gasteiger partial charge in [0.25, 0.3) is 0 Å². The minimum Gasteiger partial charge on any atom is -0.439 e. The van der Waals surface area contributed by atoms with E-state index in [-0.39, 0.29) is 11.6 Å². The molecule has 1 atom stereocenters. The standard InChI is InChI=1S/C22H18F2N2O2/c1-15(26-21(27)11-8-17-13-18(23)9-10-20(17)24)16-5-4-6-19(14-16)28-22-7-2-3-12-25-22/h2-15H,1H3,(H,26,27)/b11-8+/t15-/m0/s1. The summed E-state index contributed by atoms with van der Waals surface area (Å²) in [5, 5.41) is 2.78. The van der Waals surface area contributed by atoms with Crippen molar-refractivity contribution in [3.8, 4) is 11.6 Å². The smallest absolute Gasteiger partial charge is 0.244 e. The zero-order valence-electron chi connectivity index (χ0n) is 15.1. The minimum absolute atomic E-state index is 0.00793. The van der Waals surface area contributed by atoms with Crippen LogP contribution in [0.2, 0.25) is 0 Å². The van der Waals surface area contributed by atoms with E-state index in [1.807, 2.05) is 25.1 Å². The molecule has 1 N–H and O–H groups in total. The summed E-state index contributed by atoms with van der Waals surface area (Å²) in [4.78, 5) is 16.2. The van der Waals surface area contributed by atoms with Crippen molar-refractivity contribution in [3.05, 3.63) is 95.7 Å². The van der Waals surface area contributed by atoms with Crippen LogP contribution in [0.1, 0.15) is 24.1 Å². The number of carbonyl (C=O) groups excluding carboxylic acids is 1. The Kier molecular flexibility index (Phi) is 6.11. The predicted molar refractivity (Wildman–Crippen MR) is 103 cm³/mol. The number of hydrogen-bond donors (Lipinski definition) is 1. The first-order valence-corrected chi connectivity index (χ1v) is 8.64. The molecule has 0 unspecified atom stereocenters. The average molecular weight is 380 g/mol. The van der Waals surface area contributed by atoms with Crippen LogP contribution in [-0.4, -0.2) is 10.9 Å². The van der Waals surface area contributed by atoms with Crippen LogP contribution in [-0.2, 0) is 4.79 Å². The van der Waals surface area contributed by atoms with E-state index in [2.05, 4.69) is 10.3 Å². The lowest BCUT2D eigenvalue weighted by Gasteiger charge is -2.14. The molecule has 4 nitrogen and oxygen atoms in total. The summed E-state index contributed by atoms with van der Waals surface area (Å²) in [6.07, 6.45) is 4.04. The summed E-state index contributed by atoms with van der Waals surface area (Å²) in [5.74, 6) is -0.532. The van der Waals surface area contributed by atoms with Crippen LogP contribution in [0.15, 0.2) is 72.9 Å². The van der Waals surface area contributed by atoms with Crippen LogP contribution in [0.4, 0.5) is 8.78 Å². The number of amides is 1. The molecule has 28 heavy (non-hydrogen) atoms. The van der Waals surface area contributed by atoms with Crippen LogP contribution < -0.4 is 10.1 Å². The highest BCUT2D eigenvalue weighted by Crippen LogP contribution is 2.23. The molecule has 0 fully saturated rings. The van der Waals surface area contributed by atoms with Crippen LogP contribution in [0.5, 0.6) is 11.6 Å². The molecular formula is C22H18F2N2O2. The second-order valence-corrected chi connectivity index (χ2v) is 6.07. The number of pyridine rings is 1. The molecule has 0 saturated heterocycles. The summed E-state index contributed by atoms with van der Waals surface area (Å²) in [5.41, 5.74) is 0.834. The Balaban J connectivity index is 1.64. The molecule has 6 heteroatoms. The topological polar surface area (TPSA) is 51.2 Å². The Morgan fingerprint density at radius 3 is 2.75 bits per heavy atom. The van der Waals surface area contributed by atoms with E-state index in [0.717, 1.165) is 23.8 Å². The molecule has 0 saturated carbocycles. The molecule has 0 aliphatic heterocycles. The van der Waals surface area contributed by atoms with Gasteiger partial charge in [0.2, 0.25) is 11.8 Å². The summed E-state index contributed by atoms with van der Waals surface area (Å²) in [6.45, 7) is 1.81. The van der Waals surface area contributed by atoms with Gasteiger partial charge in [-0.3, -0.25) is 4.79 Å². The van der Waals surface area contributed by atoms with Crippen LogP contribution in [0, 0.1) is 11.6 Å². The molecular weight excluding hydrogens is 362 g/mol. The SMILES string of the molecule is C[C@H](NC(=O)/C=C/c1cc(F)ccc1F)c1cccc(Oc2ccccn2)c1. The van der Waals surface area contributed by atoms with Crippen molar-refractivity contribution in [2.24, 2.45) is 0 Å². The molecule has 3 rings (SSSR count). The molecule has 0 bridgehead atoms. The summed E-state index contributed by atoms with van der Waals surface area (Å²) in [7, 11) is 0. The Morgan fingerprint density at radius 1 is 1.11 bits per heavy atom. The second-order valence-electron chi connectivity index (χ2n) is 6.07. The fraction of sp³-hybridized carbons (Fsp3) is 0.0909. The van der Waals surface area contributed by atoms with Gasteiger partial charge in [-0.05, 0) is 55.0 Å². The van der Waals surface area contributed by atoms with Crippen molar-refractivity contribution in [1.82, 2.24) is 10.3 Å². The summed E-state index contributed by atoms with van der Waals surface area (Å²) >= 11 is 0. The van der Waals surface area contributed by atoms with Gasteiger partial charge >= 0.3 is 0 Å². The van der Waals surface area contributed by atoms with Crippen LogP contribution in [0.3, 0.4) is 0 Å². The fourth-order valence-corrected chi connectivity index (χ4v) is 2.53. The van der Waals surface area contributed by atoms with E-state index in [0.29, 0.717) is 11.6 Å². The Morgan fingerprint density at radius 2 is 1.96 bits per heavy atom. The third-order valence-corrected chi connectivity index (χ3v) is 3.95. The molecule has 1 heterocycles. The molecule has 0 spiro atoms.